The van der Waals surface area contributed by atoms with Crippen LogP contribution in [0.15, 0.2) is 16.6 Å². The summed E-state index contributed by atoms with van der Waals surface area (Å²) in [6.45, 7) is 2.73. The number of carbonyl (C=O) groups is 1. The molecule has 1 heterocycles. The van der Waals surface area contributed by atoms with Crippen LogP contribution >= 0.6 is 15.9 Å². The van der Waals surface area contributed by atoms with E-state index in [1.54, 1.807) is 26.4 Å². The van der Waals surface area contributed by atoms with Crippen LogP contribution in [0.4, 0.5) is 0 Å². The van der Waals surface area contributed by atoms with E-state index in [0.717, 1.165) is 19.5 Å². The van der Waals surface area contributed by atoms with Gasteiger partial charge in [0.1, 0.15) is 16.0 Å². The predicted molar refractivity (Wildman–Crippen MR) is 85.2 cm³/mol. The molecule has 2 N–H and O–H groups in total. The molecular formula is C15H21BrN2O3. The van der Waals surface area contributed by atoms with Gasteiger partial charge in [-0.15, -0.1) is 0 Å². The Bertz CT molecular complexity index is 477. The molecule has 1 atom stereocenters. The zero-order chi connectivity index (χ0) is 15.2. The van der Waals surface area contributed by atoms with Crippen LogP contribution in [0.3, 0.4) is 0 Å². The molecule has 1 amide bonds. The van der Waals surface area contributed by atoms with E-state index in [1.165, 1.54) is 6.42 Å². The number of piperidine rings is 1. The van der Waals surface area contributed by atoms with Crippen LogP contribution < -0.4 is 20.1 Å². The van der Waals surface area contributed by atoms with E-state index in [1.807, 2.05) is 0 Å². The van der Waals surface area contributed by atoms with Crippen molar-refractivity contribution >= 4 is 21.8 Å². The zero-order valence-electron chi connectivity index (χ0n) is 12.4. The summed E-state index contributed by atoms with van der Waals surface area (Å²) in [5.74, 6) is 1.56. The van der Waals surface area contributed by atoms with Gasteiger partial charge in [0.2, 0.25) is 0 Å². The number of halogens is 1. The molecule has 6 heteroatoms. The Hall–Kier alpha value is -1.27. The molecule has 5 nitrogen and oxygen atoms in total. The van der Waals surface area contributed by atoms with Crippen LogP contribution in [0.2, 0.25) is 0 Å². The average Bonchev–Trinajstić information content (AvgIpc) is 2.53. The summed E-state index contributed by atoms with van der Waals surface area (Å²) in [5.41, 5.74) is 0.538. The van der Waals surface area contributed by atoms with E-state index in [4.69, 9.17) is 9.47 Å². The summed E-state index contributed by atoms with van der Waals surface area (Å²) in [6.07, 6.45) is 2.32. The van der Waals surface area contributed by atoms with Crippen molar-refractivity contribution < 1.29 is 14.3 Å². The summed E-state index contributed by atoms with van der Waals surface area (Å²) >= 11 is 3.40. The van der Waals surface area contributed by atoms with E-state index >= 15 is 0 Å². The van der Waals surface area contributed by atoms with Gasteiger partial charge < -0.3 is 20.1 Å². The van der Waals surface area contributed by atoms with Gasteiger partial charge in [-0.05, 0) is 59.9 Å². The molecule has 0 radical (unpaired) electrons. The SMILES string of the molecule is COc1cc(C(=O)NCC2CCCNC2)cc(OC)c1Br. The molecule has 116 valence electrons. The van der Waals surface area contributed by atoms with E-state index in [2.05, 4.69) is 26.6 Å². The molecule has 1 aliphatic rings. The number of ether oxygens (including phenoxy) is 2. The Kier molecular flexibility index (Phi) is 5.87. The maximum atomic E-state index is 12.3. The molecule has 0 spiro atoms. The molecule has 1 aliphatic heterocycles. The first-order chi connectivity index (χ1) is 10.2. The van der Waals surface area contributed by atoms with Gasteiger partial charge in [-0.1, -0.05) is 0 Å². The van der Waals surface area contributed by atoms with Gasteiger partial charge in [-0.25, -0.2) is 0 Å². The summed E-state index contributed by atoms with van der Waals surface area (Å²) in [4.78, 5) is 12.3. The predicted octanol–water partition coefficient (Wildman–Crippen LogP) is 2.20. The first-order valence-corrected chi connectivity index (χ1v) is 7.85. The Morgan fingerprint density at radius 2 is 2.05 bits per heavy atom. The van der Waals surface area contributed by atoms with Crippen LogP contribution in [0, 0.1) is 5.92 Å². The fourth-order valence-electron chi connectivity index (χ4n) is 2.44. The lowest BCUT2D eigenvalue weighted by Crippen LogP contribution is -2.38. The zero-order valence-corrected chi connectivity index (χ0v) is 14.0. The Balaban J connectivity index is 2.04. The van der Waals surface area contributed by atoms with Gasteiger partial charge in [0, 0.05) is 12.1 Å². The molecule has 0 aromatic heterocycles. The minimum atomic E-state index is -0.107. The van der Waals surface area contributed by atoms with Crippen molar-refractivity contribution in [3.8, 4) is 11.5 Å². The fourth-order valence-corrected chi connectivity index (χ4v) is 2.99. The normalized spacial score (nSPS) is 18.1. The number of amides is 1. The Labute approximate surface area is 133 Å². The molecule has 1 saturated heterocycles. The number of benzene rings is 1. The number of nitrogens with one attached hydrogen (secondary N) is 2. The van der Waals surface area contributed by atoms with E-state index < -0.39 is 0 Å². The van der Waals surface area contributed by atoms with Gasteiger partial charge in [-0.3, -0.25) is 4.79 Å². The monoisotopic (exact) mass is 356 g/mol. The fraction of sp³-hybridized carbons (Fsp3) is 0.533. The lowest BCUT2D eigenvalue weighted by molar-refractivity contribution is 0.0944. The van der Waals surface area contributed by atoms with Crippen molar-refractivity contribution in [1.29, 1.82) is 0 Å². The van der Waals surface area contributed by atoms with Crippen LogP contribution in [0.1, 0.15) is 23.2 Å². The van der Waals surface area contributed by atoms with Crippen molar-refractivity contribution in [2.75, 3.05) is 33.9 Å². The van der Waals surface area contributed by atoms with Gasteiger partial charge in [0.15, 0.2) is 0 Å². The molecule has 0 bridgehead atoms. The quantitative estimate of drug-likeness (QED) is 0.848. The van der Waals surface area contributed by atoms with Crippen LogP contribution in [0.25, 0.3) is 0 Å². The summed E-state index contributed by atoms with van der Waals surface area (Å²) in [5, 5.41) is 6.33. The van der Waals surface area contributed by atoms with Gasteiger partial charge in [0.05, 0.1) is 14.2 Å². The lowest BCUT2D eigenvalue weighted by atomic mass is 9.99. The molecule has 0 aliphatic carbocycles. The highest BCUT2D eigenvalue weighted by molar-refractivity contribution is 9.10. The Morgan fingerprint density at radius 1 is 1.38 bits per heavy atom. The molecule has 21 heavy (non-hydrogen) atoms. The number of carbonyl (C=O) groups excluding carboxylic acids is 1. The van der Waals surface area contributed by atoms with Crippen LogP contribution in [0.5, 0.6) is 11.5 Å². The summed E-state index contributed by atoms with van der Waals surface area (Å²) < 4.78 is 11.2. The first-order valence-electron chi connectivity index (χ1n) is 7.06. The first kappa shape index (κ1) is 16.1. The lowest BCUT2D eigenvalue weighted by Gasteiger charge is -2.23. The number of rotatable bonds is 5. The molecule has 0 saturated carbocycles. The van der Waals surface area contributed by atoms with Crippen LogP contribution in [-0.4, -0.2) is 39.8 Å². The Morgan fingerprint density at radius 3 is 2.57 bits per heavy atom. The molecule has 2 rings (SSSR count). The van der Waals surface area contributed by atoms with Gasteiger partial charge in [-0.2, -0.15) is 0 Å². The number of hydrogen-bond acceptors (Lipinski definition) is 4. The maximum absolute atomic E-state index is 12.3. The second kappa shape index (κ2) is 7.66. The highest BCUT2D eigenvalue weighted by Crippen LogP contribution is 2.35. The third kappa shape index (κ3) is 4.11. The topological polar surface area (TPSA) is 59.6 Å². The third-order valence-corrected chi connectivity index (χ3v) is 4.44. The number of hydrogen-bond donors (Lipinski definition) is 2. The highest BCUT2D eigenvalue weighted by Gasteiger charge is 2.17. The molecule has 1 aromatic rings. The standard InChI is InChI=1S/C15H21BrN2O3/c1-20-12-6-11(7-13(21-2)14(12)16)15(19)18-9-10-4-3-5-17-8-10/h6-7,10,17H,3-5,8-9H2,1-2H3,(H,18,19). The molecule has 1 unspecified atom stereocenters. The minimum absolute atomic E-state index is 0.107. The third-order valence-electron chi connectivity index (χ3n) is 3.66. The van der Waals surface area contributed by atoms with Crippen molar-refractivity contribution in [2.45, 2.75) is 12.8 Å². The van der Waals surface area contributed by atoms with Gasteiger partial charge >= 0.3 is 0 Å². The van der Waals surface area contributed by atoms with E-state index in [9.17, 15) is 4.79 Å². The van der Waals surface area contributed by atoms with E-state index in [0.29, 0.717) is 34.0 Å². The summed E-state index contributed by atoms with van der Waals surface area (Å²) in [7, 11) is 3.13. The van der Waals surface area contributed by atoms with Crippen molar-refractivity contribution in [3.63, 3.8) is 0 Å². The second-order valence-corrected chi connectivity index (χ2v) is 5.91. The average molecular weight is 357 g/mol. The second-order valence-electron chi connectivity index (χ2n) is 5.12. The molecular weight excluding hydrogens is 336 g/mol. The van der Waals surface area contributed by atoms with E-state index in [-0.39, 0.29) is 5.91 Å². The highest BCUT2D eigenvalue weighted by atomic mass is 79.9. The van der Waals surface area contributed by atoms with Crippen molar-refractivity contribution in [2.24, 2.45) is 5.92 Å². The van der Waals surface area contributed by atoms with Crippen LogP contribution in [-0.2, 0) is 0 Å². The molecule has 1 fully saturated rings. The summed E-state index contributed by atoms with van der Waals surface area (Å²) in [6, 6.07) is 3.42. The van der Waals surface area contributed by atoms with Crippen molar-refractivity contribution in [1.82, 2.24) is 10.6 Å². The largest absolute Gasteiger partial charge is 0.495 e. The minimum Gasteiger partial charge on any atom is -0.495 e. The number of methoxy groups -OCH3 is 2. The smallest absolute Gasteiger partial charge is 0.251 e. The van der Waals surface area contributed by atoms with Gasteiger partial charge in [0.25, 0.3) is 5.91 Å². The van der Waals surface area contributed by atoms with Crippen molar-refractivity contribution in [3.05, 3.63) is 22.2 Å². The molecule has 1 aromatic carbocycles. The maximum Gasteiger partial charge on any atom is 0.251 e.